The van der Waals surface area contributed by atoms with Gasteiger partial charge >= 0.3 is 0 Å². The molecule has 0 bridgehead atoms. The third-order valence-corrected chi connectivity index (χ3v) is 2.53. The molecule has 1 aliphatic carbocycles. The van der Waals surface area contributed by atoms with Crippen LogP contribution in [0.5, 0.6) is 0 Å². The van der Waals surface area contributed by atoms with E-state index in [-0.39, 0.29) is 0 Å². The molecule has 1 rings (SSSR count). The number of nitrogens with one attached hydrogen (secondary N) is 1. The van der Waals surface area contributed by atoms with E-state index in [1.807, 2.05) is 0 Å². The van der Waals surface area contributed by atoms with Crippen LogP contribution in [0.25, 0.3) is 0 Å². The lowest BCUT2D eigenvalue weighted by Gasteiger charge is -2.31. The fraction of sp³-hybridized carbons (Fsp3) is 1.00. The standard InChI is InChI=1S/C9H20N2/c1-3-10-11(2)9-7-5-4-6-8-9/h9-10H,3-8H2,1-2H3. The molecule has 0 aromatic carbocycles. The molecule has 0 amide bonds. The van der Waals surface area contributed by atoms with Crippen molar-refractivity contribution in [2.24, 2.45) is 0 Å². The van der Waals surface area contributed by atoms with Crippen molar-refractivity contribution in [3.8, 4) is 0 Å². The summed E-state index contributed by atoms with van der Waals surface area (Å²) >= 11 is 0. The summed E-state index contributed by atoms with van der Waals surface area (Å²) in [5.41, 5.74) is 3.35. The smallest absolute Gasteiger partial charge is 0.0240 e. The molecule has 1 aliphatic rings. The average molecular weight is 156 g/mol. The second-order valence-corrected chi connectivity index (χ2v) is 3.41. The van der Waals surface area contributed by atoms with E-state index >= 15 is 0 Å². The molecule has 0 aliphatic heterocycles. The quantitative estimate of drug-likeness (QED) is 0.627. The van der Waals surface area contributed by atoms with Crippen molar-refractivity contribution in [3.63, 3.8) is 0 Å². The van der Waals surface area contributed by atoms with Crippen molar-refractivity contribution in [2.75, 3.05) is 13.6 Å². The van der Waals surface area contributed by atoms with Gasteiger partial charge in [0, 0.05) is 19.6 Å². The van der Waals surface area contributed by atoms with Crippen LogP contribution in [0.15, 0.2) is 0 Å². The SMILES string of the molecule is CCNN(C)C1CCCCC1. The number of hydrogen-bond donors (Lipinski definition) is 1. The van der Waals surface area contributed by atoms with E-state index in [1.54, 1.807) is 0 Å². The van der Waals surface area contributed by atoms with Gasteiger partial charge < -0.3 is 0 Å². The second-order valence-electron chi connectivity index (χ2n) is 3.41. The van der Waals surface area contributed by atoms with Crippen LogP contribution in [-0.4, -0.2) is 24.6 Å². The van der Waals surface area contributed by atoms with E-state index in [2.05, 4.69) is 24.4 Å². The monoisotopic (exact) mass is 156 g/mol. The molecule has 0 aromatic rings. The first-order valence-electron chi connectivity index (χ1n) is 4.81. The summed E-state index contributed by atoms with van der Waals surface area (Å²) in [5.74, 6) is 0. The van der Waals surface area contributed by atoms with Gasteiger partial charge in [-0.1, -0.05) is 26.2 Å². The number of hydrazine groups is 1. The van der Waals surface area contributed by atoms with Crippen LogP contribution in [0.1, 0.15) is 39.0 Å². The van der Waals surface area contributed by atoms with Gasteiger partial charge in [0.25, 0.3) is 0 Å². The Kier molecular flexibility index (Phi) is 3.87. The van der Waals surface area contributed by atoms with Gasteiger partial charge in [-0.3, -0.25) is 5.43 Å². The summed E-state index contributed by atoms with van der Waals surface area (Å²) in [5, 5.41) is 2.29. The van der Waals surface area contributed by atoms with Crippen molar-refractivity contribution in [2.45, 2.75) is 45.1 Å². The maximum atomic E-state index is 3.35. The molecule has 0 aromatic heterocycles. The Bertz CT molecular complexity index is 97.7. The molecule has 66 valence electrons. The summed E-state index contributed by atoms with van der Waals surface area (Å²) in [4.78, 5) is 0. The van der Waals surface area contributed by atoms with Crippen LogP contribution in [-0.2, 0) is 0 Å². The average Bonchev–Trinajstić information content (AvgIpc) is 2.07. The Morgan fingerprint density at radius 2 is 1.91 bits per heavy atom. The highest BCUT2D eigenvalue weighted by molar-refractivity contribution is 4.70. The summed E-state index contributed by atoms with van der Waals surface area (Å²) in [7, 11) is 2.17. The molecular weight excluding hydrogens is 136 g/mol. The fourth-order valence-corrected chi connectivity index (χ4v) is 1.85. The van der Waals surface area contributed by atoms with E-state index in [4.69, 9.17) is 0 Å². The molecule has 0 spiro atoms. The molecule has 0 radical (unpaired) electrons. The molecular formula is C9H20N2. The first-order valence-corrected chi connectivity index (χ1v) is 4.81. The van der Waals surface area contributed by atoms with Gasteiger partial charge in [-0.05, 0) is 12.8 Å². The minimum absolute atomic E-state index is 0.795. The maximum Gasteiger partial charge on any atom is 0.0240 e. The molecule has 0 saturated heterocycles. The number of hydrogen-bond acceptors (Lipinski definition) is 2. The zero-order valence-electron chi connectivity index (χ0n) is 7.77. The molecule has 2 nitrogen and oxygen atoms in total. The highest BCUT2D eigenvalue weighted by atomic mass is 15.5. The number of rotatable bonds is 3. The van der Waals surface area contributed by atoms with Crippen molar-refractivity contribution >= 4 is 0 Å². The van der Waals surface area contributed by atoms with Crippen molar-refractivity contribution in [1.29, 1.82) is 0 Å². The summed E-state index contributed by atoms with van der Waals surface area (Å²) in [6.45, 7) is 3.20. The summed E-state index contributed by atoms with van der Waals surface area (Å²) < 4.78 is 0. The maximum absolute atomic E-state index is 3.35. The topological polar surface area (TPSA) is 15.3 Å². The molecule has 0 heterocycles. The van der Waals surface area contributed by atoms with Gasteiger partial charge in [0.05, 0.1) is 0 Å². The van der Waals surface area contributed by atoms with Gasteiger partial charge in [-0.2, -0.15) is 0 Å². The van der Waals surface area contributed by atoms with Crippen molar-refractivity contribution in [1.82, 2.24) is 10.4 Å². The predicted molar refractivity (Wildman–Crippen MR) is 48.3 cm³/mol. The predicted octanol–water partition coefficient (Wildman–Crippen LogP) is 1.78. The largest absolute Gasteiger partial charge is 0.255 e. The highest BCUT2D eigenvalue weighted by Gasteiger charge is 2.16. The molecule has 1 N–H and O–H groups in total. The summed E-state index contributed by atoms with van der Waals surface area (Å²) in [6, 6.07) is 0.795. The molecule has 1 saturated carbocycles. The van der Waals surface area contributed by atoms with Crippen LogP contribution < -0.4 is 5.43 Å². The van der Waals surface area contributed by atoms with E-state index < -0.39 is 0 Å². The Labute approximate surface area is 69.9 Å². The lowest BCUT2D eigenvalue weighted by atomic mass is 9.95. The molecule has 2 heteroatoms. The summed E-state index contributed by atoms with van der Waals surface area (Å²) in [6.07, 6.45) is 7.03. The molecule has 0 unspecified atom stereocenters. The van der Waals surface area contributed by atoms with Gasteiger partial charge in [-0.15, -0.1) is 0 Å². The lowest BCUT2D eigenvalue weighted by Crippen LogP contribution is -2.43. The zero-order chi connectivity index (χ0) is 8.10. The van der Waals surface area contributed by atoms with Crippen LogP contribution in [0.4, 0.5) is 0 Å². The van der Waals surface area contributed by atoms with Crippen molar-refractivity contribution < 1.29 is 0 Å². The highest BCUT2D eigenvalue weighted by Crippen LogP contribution is 2.20. The van der Waals surface area contributed by atoms with E-state index in [1.165, 1.54) is 32.1 Å². The van der Waals surface area contributed by atoms with Gasteiger partial charge in [0.2, 0.25) is 0 Å². The zero-order valence-corrected chi connectivity index (χ0v) is 7.77. The molecule has 0 atom stereocenters. The van der Waals surface area contributed by atoms with E-state index in [0.717, 1.165) is 12.6 Å². The van der Waals surface area contributed by atoms with Gasteiger partial charge in [-0.25, -0.2) is 5.01 Å². The Morgan fingerprint density at radius 3 is 2.45 bits per heavy atom. The third-order valence-electron chi connectivity index (χ3n) is 2.53. The van der Waals surface area contributed by atoms with Gasteiger partial charge in [0.1, 0.15) is 0 Å². The first-order chi connectivity index (χ1) is 5.34. The van der Waals surface area contributed by atoms with Crippen LogP contribution in [0.2, 0.25) is 0 Å². The minimum Gasteiger partial charge on any atom is -0.255 e. The lowest BCUT2D eigenvalue weighted by molar-refractivity contribution is 0.132. The normalized spacial score (nSPS) is 21.0. The third kappa shape index (κ3) is 2.80. The Balaban J connectivity index is 2.21. The molecule has 1 fully saturated rings. The Hall–Kier alpha value is -0.0800. The Morgan fingerprint density at radius 1 is 1.27 bits per heavy atom. The van der Waals surface area contributed by atoms with Crippen LogP contribution in [0, 0.1) is 0 Å². The number of nitrogens with zero attached hydrogens (tertiary/aromatic N) is 1. The van der Waals surface area contributed by atoms with Crippen LogP contribution >= 0.6 is 0 Å². The van der Waals surface area contributed by atoms with Crippen LogP contribution in [0.3, 0.4) is 0 Å². The fourth-order valence-electron chi connectivity index (χ4n) is 1.85. The van der Waals surface area contributed by atoms with Crippen molar-refractivity contribution in [3.05, 3.63) is 0 Å². The molecule has 11 heavy (non-hydrogen) atoms. The van der Waals surface area contributed by atoms with E-state index in [9.17, 15) is 0 Å². The second kappa shape index (κ2) is 4.73. The first kappa shape index (κ1) is 9.01. The van der Waals surface area contributed by atoms with E-state index in [0.29, 0.717) is 0 Å². The minimum atomic E-state index is 0.795. The van der Waals surface area contributed by atoms with Gasteiger partial charge in [0.15, 0.2) is 0 Å².